The molecular weight excluding hydrogens is 270 g/mol. The molecule has 1 aliphatic heterocycles. The number of benzene rings is 1. The van der Waals surface area contributed by atoms with Gasteiger partial charge in [-0.2, -0.15) is 0 Å². The Morgan fingerprint density at radius 2 is 2.00 bits per heavy atom. The zero-order valence-electron chi connectivity index (χ0n) is 13.1. The van der Waals surface area contributed by atoms with Crippen molar-refractivity contribution in [1.29, 1.82) is 0 Å². The van der Waals surface area contributed by atoms with Crippen LogP contribution in [0.4, 0.5) is 0 Å². The normalized spacial score (nSPS) is 14.3. The standard InChI is InChI=1S/C16H23NO4/c1-11(2)9-19-12(3)16(18)17(4)8-13-5-6-14-15(7-13)21-10-20-14/h5-7,11-12H,8-10H2,1-4H3/t12-/m1/s1. The monoisotopic (exact) mass is 293 g/mol. The first-order valence-electron chi connectivity index (χ1n) is 7.22. The molecule has 1 amide bonds. The molecule has 1 aliphatic rings. The number of amides is 1. The largest absolute Gasteiger partial charge is 0.454 e. The number of carbonyl (C=O) groups excluding carboxylic acids is 1. The third kappa shape index (κ3) is 4.11. The lowest BCUT2D eigenvalue weighted by Gasteiger charge is -2.22. The van der Waals surface area contributed by atoms with Crippen LogP contribution in [0.3, 0.4) is 0 Å². The van der Waals surface area contributed by atoms with Crippen molar-refractivity contribution in [3.63, 3.8) is 0 Å². The van der Waals surface area contributed by atoms with Gasteiger partial charge in [-0.15, -0.1) is 0 Å². The van der Waals surface area contributed by atoms with Crippen molar-refractivity contribution in [2.45, 2.75) is 33.4 Å². The summed E-state index contributed by atoms with van der Waals surface area (Å²) in [5.74, 6) is 1.88. The number of ether oxygens (including phenoxy) is 3. The second-order valence-electron chi connectivity index (χ2n) is 5.75. The Labute approximate surface area is 125 Å². The molecule has 0 spiro atoms. The molecule has 0 bridgehead atoms. The lowest BCUT2D eigenvalue weighted by molar-refractivity contribution is -0.142. The van der Waals surface area contributed by atoms with Gasteiger partial charge in [0.1, 0.15) is 6.10 Å². The maximum absolute atomic E-state index is 12.2. The van der Waals surface area contributed by atoms with Gasteiger partial charge in [-0.3, -0.25) is 4.79 Å². The molecule has 0 saturated carbocycles. The van der Waals surface area contributed by atoms with Crippen LogP contribution in [0.1, 0.15) is 26.3 Å². The molecule has 0 radical (unpaired) electrons. The fourth-order valence-electron chi connectivity index (χ4n) is 2.11. The molecule has 0 N–H and O–H groups in total. The number of fused-ring (bicyclic) bond motifs is 1. The fourth-order valence-corrected chi connectivity index (χ4v) is 2.11. The number of hydrogen-bond donors (Lipinski definition) is 0. The molecule has 1 atom stereocenters. The van der Waals surface area contributed by atoms with E-state index in [0.717, 1.165) is 17.1 Å². The highest BCUT2D eigenvalue weighted by molar-refractivity contribution is 5.80. The van der Waals surface area contributed by atoms with Crippen LogP contribution in [0.15, 0.2) is 18.2 Å². The molecule has 0 aliphatic carbocycles. The van der Waals surface area contributed by atoms with Gasteiger partial charge in [0, 0.05) is 20.2 Å². The van der Waals surface area contributed by atoms with Gasteiger partial charge in [-0.1, -0.05) is 19.9 Å². The molecule has 0 unspecified atom stereocenters. The molecule has 21 heavy (non-hydrogen) atoms. The highest BCUT2D eigenvalue weighted by Gasteiger charge is 2.20. The second kappa shape index (κ2) is 6.80. The van der Waals surface area contributed by atoms with Crippen molar-refractivity contribution in [3.8, 4) is 11.5 Å². The van der Waals surface area contributed by atoms with E-state index in [1.807, 2.05) is 18.2 Å². The Morgan fingerprint density at radius 3 is 2.71 bits per heavy atom. The van der Waals surface area contributed by atoms with Gasteiger partial charge < -0.3 is 19.1 Å². The number of carbonyl (C=O) groups is 1. The van der Waals surface area contributed by atoms with Crippen LogP contribution in [0.2, 0.25) is 0 Å². The molecule has 116 valence electrons. The van der Waals surface area contributed by atoms with Crippen LogP contribution in [-0.2, 0) is 16.1 Å². The maximum Gasteiger partial charge on any atom is 0.251 e. The van der Waals surface area contributed by atoms with Gasteiger partial charge >= 0.3 is 0 Å². The van der Waals surface area contributed by atoms with Gasteiger partial charge in [-0.05, 0) is 30.5 Å². The van der Waals surface area contributed by atoms with E-state index in [1.165, 1.54) is 0 Å². The molecule has 2 rings (SSSR count). The van der Waals surface area contributed by atoms with E-state index in [-0.39, 0.29) is 12.7 Å². The first-order valence-corrected chi connectivity index (χ1v) is 7.22. The zero-order valence-corrected chi connectivity index (χ0v) is 13.1. The van der Waals surface area contributed by atoms with Crippen molar-refractivity contribution >= 4 is 5.91 Å². The number of likely N-dealkylation sites (N-methyl/N-ethyl adjacent to an activating group) is 1. The fraction of sp³-hybridized carbons (Fsp3) is 0.562. The summed E-state index contributed by atoms with van der Waals surface area (Å²) in [6.07, 6.45) is -0.425. The summed E-state index contributed by atoms with van der Waals surface area (Å²) in [7, 11) is 1.78. The Kier molecular flexibility index (Phi) is 5.07. The molecule has 0 saturated heterocycles. The van der Waals surface area contributed by atoms with E-state index in [2.05, 4.69) is 13.8 Å². The zero-order chi connectivity index (χ0) is 15.4. The number of nitrogens with zero attached hydrogens (tertiary/aromatic N) is 1. The van der Waals surface area contributed by atoms with Gasteiger partial charge in [0.05, 0.1) is 0 Å². The first-order chi connectivity index (χ1) is 9.97. The third-order valence-corrected chi connectivity index (χ3v) is 3.26. The summed E-state index contributed by atoms with van der Waals surface area (Å²) in [6, 6.07) is 5.72. The Balaban J connectivity index is 1.91. The SMILES string of the molecule is CC(C)CO[C@H](C)C(=O)N(C)Cc1ccc2c(c1)OCO2. The van der Waals surface area contributed by atoms with Gasteiger partial charge in [-0.25, -0.2) is 0 Å². The number of hydrogen-bond acceptors (Lipinski definition) is 4. The minimum absolute atomic E-state index is 0.0201. The van der Waals surface area contributed by atoms with E-state index < -0.39 is 6.10 Å². The minimum Gasteiger partial charge on any atom is -0.454 e. The highest BCUT2D eigenvalue weighted by atomic mass is 16.7. The number of rotatable bonds is 6. The second-order valence-corrected chi connectivity index (χ2v) is 5.75. The van der Waals surface area contributed by atoms with E-state index in [1.54, 1.807) is 18.9 Å². The molecular formula is C16H23NO4. The van der Waals surface area contributed by atoms with Gasteiger partial charge in [0.15, 0.2) is 11.5 Å². The third-order valence-electron chi connectivity index (χ3n) is 3.26. The van der Waals surface area contributed by atoms with Crippen molar-refractivity contribution in [2.24, 2.45) is 5.92 Å². The lowest BCUT2D eigenvalue weighted by atomic mass is 10.2. The van der Waals surface area contributed by atoms with Crippen molar-refractivity contribution in [3.05, 3.63) is 23.8 Å². The Morgan fingerprint density at radius 1 is 1.29 bits per heavy atom. The molecule has 1 aromatic carbocycles. The average molecular weight is 293 g/mol. The summed E-state index contributed by atoms with van der Waals surface area (Å²) >= 11 is 0. The predicted molar refractivity (Wildman–Crippen MR) is 79.3 cm³/mol. The summed E-state index contributed by atoms with van der Waals surface area (Å²) in [5.41, 5.74) is 1.01. The van der Waals surface area contributed by atoms with E-state index in [9.17, 15) is 4.79 Å². The van der Waals surface area contributed by atoms with Crippen LogP contribution in [0.25, 0.3) is 0 Å². The van der Waals surface area contributed by atoms with Crippen molar-refractivity contribution in [1.82, 2.24) is 4.90 Å². The molecule has 5 nitrogen and oxygen atoms in total. The van der Waals surface area contributed by atoms with Crippen LogP contribution in [0, 0.1) is 5.92 Å². The van der Waals surface area contributed by atoms with E-state index in [4.69, 9.17) is 14.2 Å². The van der Waals surface area contributed by atoms with Crippen LogP contribution >= 0.6 is 0 Å². The summed E-state index contributed by atoms with van der Waals surface area (Å²) in [5, 5.41) is 0. The van der Waals surface area contributed by atoms with Gasteiger partial charge in [0.25, 0.3) is 5.91 Å². The minimum atomic E-state index is -0.425. The summed E-state index contributed by atoms with van der Waals surface area (Å²) in [4.78, 5) is 13.9. The van der Waals surface area contributed by atoms with E-state index >= 15 is 0 Å². The topological polar surface area (TPSA) is 48.0 Å². The predicted octanol–water partition coefficient (Wildman–Crippen LogP) is 2.43. The summed E-state index contributed by atoms with van der Waals surface area (Å²) in [6.45, 7) is 7.28. The van der Waals surface area contributed by atoms with Crippen LogP contribution in [0.5, 0.6) is 11.5 Å². The smallest absolute Gasteiger partial charge is 0.251 e. The Bertz CT molecular complexity index is 501. The highest BCUT2D eigenvalue weighted by Crippen LogP contribution is 2.32. The molecule has 0 fully saturated rings. The van der Waals surface area contributed by atoms with Gasteiger partial charge in [0.2, 0.25) is 6.79 Å². The molecule has 5 heteroatoms. The first kappa shape index (κ1) is 15.6. The maximum atomic E-state index is 12.2. The quantitative estimate of drug-likeness (QED) is 0.808. The molecule has 0 aromatic heterocycles. The van der Waals surface area contributed by atoms with Crippen molar-refractivity contribution in [2.75, 3.05) is 20.4 Å². The summed E-state index contributed by atoms with van der Waals surface area (Å²) < 4.78 is 16.2. The van der Waals surface area contributed by atoms with E-state index in [0.29, 0.717) is 19.1 Å². The van der Waals surface area contributed by atoms with Crippen LogP contribution < -0.4 is 9.47 Å². The molecule has 1 aromatic rings. The average Bonchev–Trinajstić information content (AvgIpc) is 2.91. The lowest BCUT2D eigenvalue weighted by Crippen LogP contribution is -2.36. The van der Waals surface area contributed by atoms with Crippen molar-refractivity contribution < 1.29 is 19.0 Å². The molecule has 1 heterocycles. The Hall–Kier alpha value is -1.75. The van der Waals surface area contributed by atoms with Crippen LogP contribution in [-0.4, -0.2) is 37.4 Å².